The van der Waals surface area contributed by atoms with Crippen molar-refractivity contribution in [2.24, 2.45) is 5.92 Å². The van der Waals surface area contributed by atoms with E-state index in [1.54, 1.807) is 12.2 Å². The lowest BCUT2D eigenvalue weighted by atomic mass is 9.99. The van der Waals surface area contributed by atoms with Gasteiger partial charge in [0.2, 0.25) is 12.7 Å². The number of fused-ring (bicyclic) bond motifs is 1. The maximum Gasteiger partial charge on any atom is 0.244 e. The van der Waals surface area contributed by atoms with Gasteiger partial charge in [0, 0.05) is 24.9 Å². The van der Waals surface area contributed by atoms with Gasteiger partial charge in [0.25, 0.3) is 0 Å². The van der Waals surface area contributed by atoms with Crippen molar-refractivity contribution in [1.29, 1.82) is 0 Å². The first-order chi connectivity index (χ1) is 14.1. The molecular formula is C24H28N2O3. The highest BCUT2D eigenvalue weighted by Crippen LogP contribution is 2.32. The van der Waals surface area contributed by atoms with Crippen LogP contribution in [0.4, 0.5) is 5.69 Å². The van der Waals surface area contributed by atoms with Crippen LogP contribution < -0.4 is 19.7 Å². The summed E-state index contributed by atoms with van der Waals surface area (Å²) in [5, 5.41) is 3.03. The number of hydrogen-bond donors (Lipinski definition) is 1. The lowest BCUT2D eigenvalue weighted by Crippen LogP contribution is -2.34. The van der Waals surface area contributed by atoms with Crippen LogP contribution in [0.1, 0.15) is 43.9 Å². The van der Waals surface area contributed by atoms with E-state index in [4.69, 9.17) is 9.47 Å². The average molecular weight is 392 g/mol. The Balaban J connectivity index is 1.33. The second-order valence-electron chi connectivity index (χ2n) is 7.96. The van der Waals surface area contributed by atoms with Crippen LogP contribution in [0, 0.1) is 5.92 Å². The topological polar surface area (TPSA) is 50.8 Å². The molecule has 5 heteroatoms. The number of nitrogens with zero attached hydrogens (tertiary/aromatic N) is 1. The molecule has 1 amide bonds. The Bertz CT molecular complexity index is 891. The molecule has 2 aromatic rings. The van der Waals surface area contributed by atoms with Gasteiger partial charge in [-0.1, -0.05) is 25.1 Å². The molecule has 29 heavy (non-hydrogen) atoms. The summed E-state index contributed by atoms with van der Waals surface area (Å²) in [4.78, 5) is 14.8. The number of benzene rings is 2. The summed E-state index contributed by atoms with van der Waals surface area (Å²) in [6, 6.07) is 14.1. The number of nitrogens with one attached hydrogen (secondary N) is 1. The number of carbonyl (C=O) groups excluding carboxylic acids is 1. The molecule has 2 atom stereocenters. The second kappa shape index (κ2) is 8.60. The van der Waals surface area contributed by atoms with Gasteiger partial charge >= 0.3 is 0 Å². The molecule has 2 aliphatic rings. The Morgan fingerprint density at radius 2 is 1.97 bits per heavy atom. The highest BCUT2D eigenvalue weighted by atomic mass is 16.7. The minimum Gasteiger partial charge on any atom is -0.454 e. The third kappa shape index (κ3) is 4.73. The number of hydrogen-bond acceptors (Lipinski definition) is 4. The monoisotopic (exact) mass is 392 g/mol. The van der Waals surface area contributed by atoms with Crippen molar-refractivity contribution in [2.75, 3.05) is 24.8 Å². The van der Waals surface area contributed by atoms with Crippen LogP contribution in [-0.2, 0) is 4.79 Å². The summed E-state index contributed by atoms with van der Waals surface area (Å²) >= 11 is 0. The summed E-state index contributed by atoms with van der Waals surface area (Å²) in [6.07, 6.45) is 5.91. The van der Waals surface area contributed by atoms with Gasteiger partial charge in [-0.15, -0.1) is 0 Å². The quantitative estimate of drug-likeness (QED) is 0.759. The zero-order chi connectivity index (χ0) is 20.2. The zero-order valence-electron chi connectivity index (χ0n) is 17.1. The molecule has 0 bridgehead atoms. The van der Waals surface area contributed by atoms with Crippen LogP contribution in [0.5, 0.6) is 11.5 Å². The highest BCUT2D eigenvalue weighted by Gasteiger charge is 2.17. The molecule has 2 aromatic carbocycles. The van der Waals surface area contributed by atoms with E-state index in [1.165, 1.54) is 18.5 Å². The van der Waals surface area contributed by atoms with Crippen molar-refractivity contribution < 1.29 is 14.3 Å². The molecule has 0 unspecified atom stereocenters. The normalized spacial score (nSPS) is 19.4. The minimum atomic E-state index is -0.121. The Kier molecular flexibility index (Phi) is 5.74. The maximum absolute atomic E-state index is 12.3. The minimum absolute atomic E-state index is 0.0572. The van der Waals surface area contributed by atoms with Gasteiger partial charge in [-0.3, -0.25) is 4.79 Å². The fraction of sp³-hybridized carbons (Fsp3) is 0.375. The first-order valence-electron chi connectivity index (χ1n) is 10.3. The number of ether oxygens (including phenoxy) is 2. The fourth-order valence-electron chi connectivity index (χ4n) is 3.93. The maximum atomic E-state index is 12.3. The van der Waals surface area contributed by atoms with Gasteiger partial charge in [0.1, 0.15) is 0 Å². The van der Waals surface area contributed by atoms with Crippen LogP contribution >= 0.6 is 0 Å². The number of rotatable bonds is 5. The van der Waals surface area contributed by atoms with Crippen LogP contribution in [-0.4, -0.2) is 25.8 Å². The largest absolute Gasteiger partial charge is 0.454 e. The lowest BCUT2D eigenvalue weighted by Gasteiger charge is -2.33. The van der Waals surface area contributed by atoms with Crippen molar-refractivity contribution >= 4 is 17.7 Å². The van der Waals surface area contributed by atoms with Crippen molar-refractivity contribution in [3.63, 3.8) is 0 Å². The van der Waals surface area contributed by atoms with Gasteiger partial charge in [-0.25, -0.2) is 0 Å². The SMILES string of the molecule is C[C@H]1CCCN(c2ccc([C@@H](C)NC(=O)/C=C/c3ccc4c(c3)OCO4)cc2)C1. The van der Waals surface area contributed by atoms with Crippen molar-refractivity contribution in [2.45, 2.75) is 32.7 Å². The molecule has 1 saturated heterocycles. The Morgan fingerprint density at radius 3 is 2.76 bits per heavy atom. The number of anilines is 1. The molecular weight excluding hydrogens is 364 g/mol. The van der Waals surface area contributed by atoms with Gasteiger partial charge in [-0.05, 0) is 67.2 Å². The van der Waals surface area contributed by atoms with E-state index in [0.29, 0.717) is 5.75 Å². The van der Waals surface area contributed by atoms with Gasteiger partial charge in [0.05, 0.1) is 6.04 Å². The standard InChI is InChI=1S/C24H28N2O3/c1-17-4-3-13-26(15-17)21-9-7-20(8-10-21)18(2)25-24(27)12-6-19-5-11-22-23(14-19)29-16-28-22/h5-12,14,17-18H,3-4,13,15-16H2,1-2H3,(H,25,27)/b12-6+/t17-,18+/m0/s1. The molecule has 4 rings (SSSR count). The third-order valence-electron chi connectivity index (χ3n) is 5.60. The van der Waals surface area contributed by atoms with E-state index in [9.17, 15) is 4.79 Å². The van der Waals surface area contributed by atoms with Gasteiger partial charge in [0.15, 0.2) is 11.5 Å². The fourth-order valence-corrected chi connectivity index (χ4v) is 3.93. The second-order valence-corrected chi connectivity index (χ2v) is 7.96. The van der Waals surface area contributed by atoms with E-state index >= 15 is 0 Å². The van der Waals surface area contributed by atoms with Crippen molar-refractivity contribution in [3.05, 3.63) is 59.7 Å². The number of piperidine rings is 1. The molecule has 0 aromatic heterocycles. The van der Waals surface area contributed by atoms with Crippen LogP contribution in [0.15, 0.2) is 48.5 Å². The lowest BCUT2D eigenvalue weighted by molar-refractivity contribution is -0.117. The molecule has 1 fully saturated rings. The van der Waals surface area contributed by atoms with E-state index in [1.807, 2.05) is 25.1 Å². The molecule has 0 spiro atoms. The molecule has 152 valence electrons. The summed E-state index contributed by atoms with van der Waals surface area (Å²) in [5.74, 6) is 2.08. The zero-order valence-corrected chi connectivity index (χ0v) is 17.1. The predicted molar refractivity (Wildman–Crippen MR) is 115 cm³/mol. The summed E-state index contributed by atoms with van der Waals surface area (Å²) in [6.45, 7) is 6.81. The van der Waals surface area contributed by atoms with Crippen molar-refractivity contribution in [1.82, 2.24) is 5.32 Å². The van der Waals surface area contributed by atoms with Gasteiger partial charge in [-0.2, -0.15) is 0 Å². The van der Waals surface area contributed by atoms with Crippen LogP contribution in [0.25, 0.3) is 6.08 Å². The number of carbonyl (C=O) groups is 1. The highest BCUT2D eigenvalue weighted by molar-refractivity contribution is 5.92. The molecule has 0 radical (unpaired) electrons. The van der Waals surface area contributed by atoms with E-state index in [2.05, 4.69) is 41.4 Å². The Labute approximate surface area is 172 Å². The number of amides is 1. The van der Waals surface area contributed by atoms with Gasteiger partial charge < -0.3 is 19.7 Å². The summed E-state index contributed by atoms with van der Waals surface area (Å²) < 4.78 is 10.7. The smallest absolute Gasteiger partial charge is 0.244 e. The first-order valence-corrected chi connectivity index (χ1v) is 10.3. The van der Waals surface area contributed by atoms with Crippen LogP contribution in [0.2, 0.25) is 0 Å². The molecule has 0 aliphatic carbocycles. The Morgan fingerprint density at radius 1 is 1.17 bits per heavy atom. The van der Waals surface area contributed by atoms with E-state index < -0.39 is 0 Å². The van der Waals surface area contributed by atoms with Crippen molar-refractivity contribution in [3.8, 4) is 11.5 Å². The molecule has 1 N–H and O–H groups in total. The van der Waals surface area contributed by atoms with E-state index in [-0.39, 0.29) is 18.7 Å². The first kappa shape index (κ1) is 19.4. The molecule has 2 heterocycles. The van der Waals surface area contributed by atoms with Crippen LogP contribution in [0.3, 0.4) is 0 Å². The third-order valence-corrected chi connectivity index (χ3v) is 5.60. The summed E-state index contributed by atoms with van der Waals surface area (Å²) in [7, 11) is 0. The summed E-state index contributed by atoms with van der Waals surface area (Å²) in [5.41, 5.74) is 3.27. The van der Waals surface area contributed by atoms with E-state index in [0.717, 1.165) is 35.9 Å². The average Bonchev–Trinajstić information content (AvgIpc) is 3.20. The predicted octanol–water partition coefficient (Wildman–Crippen LogP) is 4.54. The molecule has 5 nitrogen and oxygen atoms in total. The Hall–Kier alpha value is -2.95. The molecule has 2 aliphatic heterocycles. The molecule has 0 saturated carbocycles.